The Kier molecular flexibility index (Phi) is 8.39. The highest BCUT2D eigenvalue weighted by Crippen LogP contribution is 2.00. The van der Waals surface area contributed by atoms with Crippen molar-refractivity contribution >= 4 is 22.6 Å². The zero-order valence-corrected chi connectivity index (χ0v) is 9.55. The molecule has 0 aromatic heterocycles. The first-order valence-corrected chi connectivity index (χ1v) is 6.99. The van der Waals surface area contributed by atoms with Gasteiger partial charge >= 0.3 is 0 Å². The van der Waals surface area contributed by atoms with E-state index in [0.717, 1.165) is 29.4 Å². The molecule has 0 aliphatic carbocycles. The van der Waals surface area contributed by atoms with Crippen LogP contribution in [0.15, 0.2) is 0 Å². The lowest BCUT2D eigenvalue weighted by atomic mass is 10.3. The van der Waals surface area contributed by atoms with Crippen molar-refractivity contribution in [3.8, 4) is 0 Å². The zero-order chi connectivity index (χ0) is 9.40. The Labute approximate surface area is 82.1 Å². The average molecular weight is 209 g/mol. The molecule has 2 N–H and O–H groups in total. The SMILES string of the molecule is CCSCCS(=O)CCC(C)N. The van der Waals surface area contributed by atoms with Crippen LogP contribution in [0.1, 0.15) is 20.3 Å². The van der Waals surface area contributed by atoms with Crippen LogP contribution in [-0.4, -0.2) is 33.3 Å². The minimum Gasteiger partial charge on any atom is -0.328 e. The molecule has 0 aliphatic heterocycles. The van der Waals surface area contributed by atoms with Crippen molar-refractivity contribution in [3.05, 3.63) is 0 Å². The molecule has 0 saturated heterocycles. The largest absolute Gasteiger partial charge is 0.328 e. The van der Waals surface area contributed by atoms with Crippen molar-refractivity contribution in [2.75, 3.05) is 23.0 Å². The molecule has 0 spiro atoms. The van der Waals surface area contributed by atoms with Gasteiger partial charge in [0, 0.05) is 34.1 Å². The molecule has 0 saturated carbocycles. The van der Waals surface area contributed by atoms with Crippen LogP contribution < -0.4 is 5.73 Å². The van der Waals surface area contributed by atoms with Gasteiger partial charge < -0.3 is 5.73 Å². The summed E-state index contributed by atoms with van der Waals surface area (Å²) in [5, 5.41) is 0. The topological polar surface area (TPSA) is 43.1 Å². The van der Waals surface area contributed by atoms with Gasteiger partial charge in [-0.3, -0.25) is 4.21 Å². The Morgan fingerprint density at radius 1 is 1.50 bits per heavy atom. The molecular formula is C8H19NOS2. The Morgan fingerprint density at radius 2 is 2.17 bits per heavy atom. The number of hydrogen-bond donors (Lipinski definition) is 1. The van der Waals surface area contributed by atoms with Crippen LogP contribution in [0.2, 0.25) is 0 Å². The standard InChI is InChI=1S/C8H19NOS2/c1-3-11-5-7-12(10)6-4-8(2)9/h8H,3-7,9H2,1-2H3. The van der Waals surface area contributed by atoms with Crippen molar-refractivity contribution in [1.82, 2.24) is 0 Å². The molecule has 74 valence electrons. The molecular weight excluding hydrogens is 190 g/mol. The van der Waals surface area contributed by atoms with Gasteiger partial charge in [0.25, 0.3) is 0 Å². The second kappa shape index (κ2) is 8.08. The summed E-state index contributed by atoms with van der Waals surface area (Å²) < 4.78 is 11.3. The highest BCUT2D eigenvalue weighted by Gasteiger charge is 2.01. The van der Waals surface area contributed by atoms with Gasteiger partial charge in [0.05, 0.1) is 0 Å². The highest BCUT2D eigenvalue weighted by atomic mass is 32.2. The summed E-state index contributed by atoms with van der Waals surface area (Å²) in [6, 6.07) is 0.188. The van der Waals surface area contributed by atoms with Crippen LogP contribution in [0.25, 0.3) is 0 Å². The van der Waals surface area contributed by atoms with Crippen LogP contribution >= 0.6 is 11.8 Å². The van der Waals surface area contributed by atoms with E-state index < -0.39 is 10.8 Å². The van der Waals surface area contributed by atoms with Gasteiger partial charge in [0.2, 0.25) is 0 Å². The molecule has 2 atom stereocenters. The van der Waals surface area contributed by atoms with Gasteiger partial charge in [0.15, 0.2) is 0 Å². The number of nitrogens with two attached hydrogens (primary N) is 1. The van der Waals surface area contributed by atoms with E-state index in [2.05, 4.69) is 6.92 Å². The van der Waals surface area contributed by atoms with Crippen molar-refractivity contribution in [3.63, 3.8) is 0 Å². The Bertz CT molecular complexity index is 128. The molecule has 0 heterocycles. The lowest BCUT2D eigenvalue weighted by Crippen LogP contribution is -2.19. The van der Waals surface area contributed by atoms with Gasteiger partial charge in [-0.2, -0.15) is 11.8 Å². The Balaban J connectivity index is 3.22. The van der Waals surface area contributed by atoms with E-state index in [4.69, 9.17) is 5.73 Å². The Morgan fingerprint density at radius 3 is 2.67 bits per heavy atom. The summed E-state index contributed by atoms with van der Waals surface area (Å²) >= 11 is 1.85. The predicted octanol–water partition coefficient (Wildman–Crippen LogP) is 1.23. The van der Waals surface area contributed by atoms with Crippen molar-refractivity contribution in [2.24, 2.45) is 5.73 Å². The van der Waals surface area contributed by atoms with Crippen LogP contribution in [0.3, 0.4) is 0 Å². The summed E-state index contributed by atoms with van der Waals surface area (Å²) in [6.07, 6.45) is 0.878. The van der Waals surface area contributed by atoms with E-state index in [1.807, 2.05) is 18.7 Å². The van der Waals surface area contributed by atoms with Crippen LogP contribution in [-0.2, 0) is 10.8 Å². The van der Waals surface area contributed by atoms with E-state index in [-0.39, 0.29) is 6.04 Å². The predicted molar refractivity (Wildman–Crippen MR) is 59.1 cm³/mol. The van der Waals surface area contributed by atoms with Crippen molar-refractivity contribution in [1.29, 1.82) is 0 Å². The van der Waals surface area contributed by atoms with Crippen molar-refractivity contribution in [2.45, 2.75) is 26.3 Å². The van der Waals surface area contributed by atoms with Gasteiger partial charge in [-0.1, -0.05) is 6.92 Å². The fraction of sp³-hybridized carbons (Fsp3) is 1.00. The quantitative estimate of drug-likeness (QED) is 0.641. The van der Waals surface area contributed by atoms with Gasteiger partial charge in [0.1, 0.15) is 0 Å². The maximum atomic E-state index is 11.3. The number of hydrogen-bond acceptors (Lipinski definition) is 3. The molecule has 0 bridgehead atoms. The number of rotatable bonds is 7. The smallest absolute Gasteiger partial charge is 0.0325 e. The summed E-state index contributed by atoms with van der Waals surface area (Å²) in [5.41, 5.74) is 5.56. The molecule has 2 nitrogen and oxygen atoms in total. The maximum Gasteiger partial charge on any atom is 0.0325 e. The fourth-order valence-corrected chi connectivity index (χ4v) is 3.06. The minimum atomic E-state index is -0.643. The van der Waals surface area contributed by atoms with Crippen molar-refractivity contribution < 1.29 is 4.21 Å². The first-order chi connectivity index (χ1) is 5.66. The van der Waals surface area contributed by atoms with Crippen LogP contribution in [0.4, 0.5) is 0 Å². The van der Waals surface area contributed by atoms with E-state index in [1.165, 1.54) is 0 Å². The summed E-state index contributed by atoms with van der Waals surface area (Å²) in [6.45, 7) is 4.08. The molecule has 0 radical (unpaired) electrons. The third kappa shape index (κ3) is 8.56. The molecule has 0 aliphatic rings. The third-order valence-corrected chi connectivity index (χ3v) is 3.97. The van der Waals surface area contributed by atoms with Crippen LogP contribution in [0.5, 0.6) is 0 Å². The van der Waals surface area contributed by atoms with E-state index in [0.29, 0.717) is 0 Å². The third-order valence-electron chi connectivity index (χ3n) is 1.46. The van der Waals surface area contributed by atoms with Gasteiger partial charge in [-0.25, -0.2) is 0 Å². The maximum absolute atomic E-state index is 11.3. The molecule has 0 aromatic rings. The molecule has 0 aromatic carbocycles. The molecule has 12 heavy (non-hydrogen) atoms. The lowest BCUT2D eigenvalue weighted by Gasteiger charge is -2.04. The average Bonchev–Trinajstić information content (AvgIpc) is 2.01. The highest BCUT2D eigenvalue weighted by molar-refractivity contribution is 8.00. The first kappa shape index (κ1) is 12.5. The van der Waals surface area contributed by atoms with Gasteiger partial charge in [-0.15, -0.1) is 0 Å². The van der Waals surface area contributed by atoms with E-state index >= 15 is 0 Å². The zero-order valence-electron chi connectivity index (χ0n) is 7.91. The number of thioether (sulfide) groups is 1. The molecule has 4 heteroatoms. The van der Waals surface area contributed by atoms with Crippen LogP contribution in [0, 0.1) is 0 Å². The lowest BCUT2D eigenvalue weighted by molar-refractivity contribution is 0.669. The first-order valence-electron chi connectivity index (χ1n) is 4.35. The molecule has 0 rings (SSSR count). The monoisotopic (exact) mass is 209 g/mol. The second-order valence-electron chi connectivity index (χ2n) is 2.81. The summed E-state index contributed by atoms with van der Waals surface area (Å²) in [7, 11) is -0.643. The molecule has 0 amide bonds. The Hall–Kier alpha value is 0.460. The fourth-order valence-electron chi connectivity index (χ4n) is 0.716. The van der Waals surface area contributed by atoms with E-state index in [9.17, 15) is 4.21 Å². The second-order valence-corrected chi connectivity index (χ2v) is 5.90. The van der Waals surface area contributed by atoms with Gasteiger partial charge in [-0.05, 0) is 19.1 Å². The minimum absolute atomic E-state index is 0.188. The summed E-state index contributed by atoms with van der Waals surface area (Å²) in [4.78, 5) is 0. The normalized spacial score (nSPS) is 15.9. The van der Waals surface area contributed by atoms with E-state index in [1.54, 1.807) is 0 Å². The molecule has 2 unspecified atom stereocenters. The molecule has 0 fully saturated rings. The summed E-state index contributed by atoms with van der Waals surface area (Å²) in [5.74, 6) is 3.72.